The Morgan fingerprint density at radius 2 is 2.25 bits per heavy atom. The first-order chi connectivity index (χ1) is 11.6. The summed E-state index contributed by atoms with van der Waals surface area (Å²) in [6.07, 6.45) is 5.11. The van der Waals surface area contributed by atoms with E-state index in [-0.39, 0.29) is 11.5 Å². The summed E-state index contributed by atoms with van der Waals surface area (Å²) in [5, 5.41) is 6.91. The largest absolute Gasteiger partial charge is 0.463 e. The molecule has 1 atom stereocenters. The van der Waals surface area contributed by atoms with E-state index in [1.807, 2.05) is 23.9 Å². The highest BCUT2D eigenvalue weighted by Crippen LogP contribution is 2.15. The normalized spacial score (nSPS) is 12.0. The van der Waals surface area contributed by atoms with Gasteiger partial charge in [-0.3, -0.25) is 14.3 Å². The third-order valence-corrected chi connectivity index (χ3v) is 3.61. The molecular weight excluding hydrogens is 308 g/mol. The van der Waals surface area contributed by atoms with E-state index in [9.17, 15) is 9.59 Å². The van der Waals surface area contributed by atoms with Crippen molar-refractivity contribution in [2.45, 2.75) is 13.5 Å². The fourth-order valence-corrected chi connectivity index (χ4v) is 2.38. The molecule has 0 spiro atoms. The van der Waals surface area contributed by atoms with Gasteiger partial charge in [0.25, 0.3) is 11.5 Å². The first-order valence-electron chi connectivity index (χ1n) is 7.66. The summed E-state index contributed by atoms with van der Waals surface area (Å²) in [5.74, 6) is 0.344. The van der Waals surface area contributed by atoms with Gasteiger partial charge in [-0.15, -0.1) is 0 Å². The van der Waals surface area contributed by atoms with Gasteiger partial charge in [-0.05, 0) is 36.2 Å². The summed E-state index contributed by atoms with van der Waals surface area (Å²) in [4.78, 5) is 27.0. The molecule has 1 amide bonds. The minimum absolute atomic E-state index is 0.0802. The third-order valence-electron chi connectivity index (χ3n) is 3.61. The Kier molecular flexibility index (Phi) is 4.60. The maximum absolute atomic E-state index is 12.2. The van der Waals surface area contributed by atoms with Gasteiger partial charge in [0.1, 0.15) is 11.3 Å². The molecule has 3 heterocycles. The fraction of sp³-hybridized carbons (Fsp3) is 0.235. The van der Waals surface area contributed by atoms with Crippen LogP contribution in [0.3, 0.4) is 0 Å². The second-order valence-electron chi connectivity index (χ2n) is 5.64. The van der Waals surface area contributed by atoms with E-state index in [1.54, 1.807) is 24.4 Å². The molecule has 0 fully saturated rings. The number of hydrogen-bond donors (Lipinski definition) is 2. The van der Waals surface area contributed by atoms with E-state index in [1.165, 1.54) is 12.3 Å². The zero-order valence-electron chi connectivity index (χ0n) is 13.2. The number of carbonyl (C=O) groups excluding carboxylic acids is 1. The molecule has 7 nitrogen and oxygen atoms in total. The Balaban J connectivity index is 1.61. The summed E-state index contributed by atoms with van der Waals surface area (Å²) in [5.41, 5.74) is 0.173. The van der Waals surface area contributed by atoms with Crippen LogP contribution in [0.4, 0.5) is 0 Å². The number of nitrogens with zero attached hydrogens (tertiary/aromatic N) is 2. The Bertz CT molecular complexity index is 850. The molecule has 0 aliphatic rings. The van der Waals surface area contributed by atoms with Crippen LogP contribution in [-0.4, -0.2) is 27.2 Å². The molecule has 0 radical (unpaired) electrons. The van der Waals surface area contributed by atoms with Crippen LogP contribution >= 0.6 is 0 Å². The number of furan rings is 1. The number of aromatic nitrogens is 3. The lowest BCUT2D eigenvalue weighted by Gasteiger charge is -2.12. The molecule has 3 rings (SSSR count). The molecule has 2 N–H and O–H groups in total. The van der Waals surface area contributed by atoms with Crippen LogP contribution in [0.1, 0.15) is 17.3 Å². The Morgan fingerprint density at radius 1 is 1.38 bits per heavy atom. The van der Waals surface area contributed by atoms with Crippen molar-refractivity contribution < 1.29 is 9.21 Å². The highest BCUT2D eigenvalue weighted by atomic mass is 16.3. The number of aromatic amines is 1. The minimum Gasteiger partial charge on any atom is -0.463 e. The van der Waals surface area contributed by atoms with Gasteiger partial charge < -0.3 is 14.7 Å². The number of pyridine rings is 1. The second-order valence-corrected chi connectivity index (χ2v) is 5.64. The quantitative estimate of drug-likeness (QED) is 0.723. The minimum atomic E-state index is -0.443. The van der Waals surface area contributed by atoms with Crippen molar-refractivity contribution in [3.63, 3.8) is 0 Å². The van der Waals surface area contributed by atoms with Crippen LogP contribution in [0.15, 0.2) is 58.2 Å². The number of carbonyl (C=O) groups is 1. The molecule has 0 saturated carbocycles. The molecular formula is C17H18N4O3. The first kappa shape index (κ1) is 15.8. The predicted molar refractivity (Wildman–Crippen MR) is 88.5 cm³/mol. The first-order valence-corrected chi connectivity index (χ1v) is 7.66. The molecule has 0 aromatic carbocycles. The topological polar surface area (TPSA) is 92.9 Å². The molecule has 0 aliphatic heterocycles. The smallest absolute Gasteiger partial charge is 0.261 e. The van der Waals surface area contributed by atoms with Crippen LogP contribution < -0.4 is 10.9 Å². The zero-order valence-corrected chi connectivity index (χ0v) is 13.2. The highest BCUT2D eigenvalue weighted by Gasteiger charge is 2.13. The Labute approximate surface area is 138 Å². The molecule has 24 heavy (non-hydrogen) atoms. The van der Waals surface area contributed by atoms with Gasteiger partial charge in [-0.2, -0.15) is 5.10 Å². The summed E-state index contributed by atoms with van der Waals surface area (Å²) in [6, 6.07) is 8.48. The molecule has 3 aromatic heterocycles. The van der Waals surface area contributed by atoms with Crippen molar-refractivity contribution in [1.29, 1.82) is 0 Å². The standard InChI is InChI=1S/C17H18N4O3/c1-12(11-21-8-3-7-19-21)10-18-16(22)13-5-6-14(20-17(13)23)15-4-2-9-24-15/h2-9,12H,10-11H2,1H3,(H,18,22)(H,20,23). The van der Waals surface area contributed by atoms with Gasteiger partial charge in [0, 0.05) is 25.5 Å². The van der Waals surface area contributed by atoms with E-state index in [4.69, 9.17) is 4.42 Å². The van der Waals surface area contributed by atoms with E-state index < -0.39 is 11.5 Å². The van der Waals surface area contributed by atoms with Gasteiger partial charge in [-0.25, -0.2) is 0 Å². The van der Waals surface area contributed by atoms with Crippen LogP contribution in [-0.2, 0) is 6.54 Å². The van der Waals surface area contributed by atoms with E-state index in [0.717, 1.165) is 0 Å². The molecule has 0 aliphatic carbocycles. The predicted octanol–water partition coefficient (Wildman–Crippen LogP) is 1.90. The third kappa shape index (κ3) is 3.62. The summed E-state index contributed by atoms with van der Waals surface area (Å²) < 4.78 is 7.03. The number of nitrogens with one attached hydrogen (secondary N) is 2. The Morgan fingerprint density at radius 3 is 2.92 bits per heavy atom. The van der Waals surface area contributed by atoms with Gasteiger partial charge in [0.05, 0.1) is 12.0 Å². The zero-order chi connectivity index (χ0) is 16.9. The Hall–Kier alpha value is -3.09. The molecule has 124 valence electrons. The van der Waals surface area contributed by atoms with E-state index >= 15 is 0 Å². The highest BCUT2D eigenvalue weighted by molar-refractivity contribution is 5.94. The molecule has 3 aromatic rings. The average Bonchev–Trinajstić information content (AvgIpc) is 3.26. The van der Waals surface area contributed by atoms with Gasteiger partial charge in [0.2, 0.25) is 0 Å². The van der Waals surface area contributed by atoms with Crippen molar-refractivity contribution in [2.75, 3.05) is 6.54 Å². The van der Waals surface area contributed by atoms with Crippen LogP contribution in [0.5, 0.6) is 0 Å². The lowest BCUT2D eigenvalue weighted by molar-refractivity contribution is 0.0945. The molecule has 0 bridgehead atoms. The number of hydrogen-bond acceptors (Lipinski definition) is 4. The second kappa shape index (κ2) is 6.99. The van der Waals surface area contributed by atoms with Crippen LogP contribution in [0, 0.1) is 5.92 Å². The summed E-state index contributed by atoms with van der Waals surface area (Å²) >= 11 is 0. The van der Waals surface area contributed by atoms with Gasteiger partial charge in [0.15, 0.2) is 0 Å². The van der Waals surface area contributed by atoms with Crippen molar-refractivity contribution >= 4 is 5.91 Å². The van der Waals surface area contributed by atoms with Crippen molar-refractivity contribution in [3.05, 3.63) is 64.9 Å². The van der Waals surface area contributed by atoms with Crippen LogP contribution in [0.25, 0.3) is 11.5 Å². The molecule has 1 unspecified atom stereocenters. The summed E-state index contributed by atoms with van der Waals surface area (Å²) in [7, 11) is 0. The van der Waals surface area contributed by atoms with Crippen molar-refractivity contribution in [1.82, 2.24) is 20.1 Å². The molecule has 0 saturated heterocycles. The maximum atomic E-state index is 12.2. The fourth-order valence-electron chi connectivity index (χ4n) is 2.38. The monoisotopic (exact) mass is 326 g/mol. The van der Waals surface area contributed by atoms with E-state index in [0.29, 0.717) is 24.5 Å². The SMILES string of the molecule is CC(CNC(=O)c1ccc(-c2ccco2)[nH]c1=O)Cn1cccn1. The lowest BCUT2D eigenvalue weighted by Crippen LogP contribution is -2.33. The maximum Gasteiger partial charge on any atom is 0.261 e. The summed E-state index contributed by atoms with van der Waals surface area (Å²) in [6.45, 7) is 3.16. The molecule has 7 heteroatoms. The van der Waals surface area contributed by atoms with Gasteiger partial charge >= 0.3 is 0 Å². The van der Waals surface area contributed by atoms with Crippen molar-refractivity contribution in [2.24, 2.45) is 5.92 Å². The number of rotatable bonds is 6. The van der Waals surface area contributed by atoms with E-state index in [2.05, 4.69) is 15.4 Å². The number of H-pyrrole nitrogens is 1. The average molecular weight is 326 g/mol. The van der Waals surface area contributed by atoms with Crippen LogP contribution in [0.2, 0.25) is 0 Å². The van der Waals surface area contributed by atoms with Crippen molar-refractivity contribution in [3.8, 4) is 11.5 Å². The lowest BCUT2D eigenvalue weighted by atomic mass is 10.1. The number of amides is 1. The van der Waals surface area contributed by atoms with Gasteiger partial charge in [-0.1, -0.05) is 6.92 Å².